The van der Waals surface area contributed by atoms with Crippen LogP contribution in [0.25, 0.3) is 0 Å². The maximum Gasteiger partial charge on any atom is 0.346 e. The Morgan fingerprint density at radius 1 is 1.35 bits per heavy atom. The predicted octanol–water partition coefficient (Wildman–Crippen LogP) is 0.382. The molecular formula is C9H16N4O3S. The summed E-state index contributed by atoms with van der Waals surface area (Å²) in [5.74, 6) is -0.0868. The van der Waals surface area contributed by atoms with Crippen molar-refractivity contribution in [2.24, 2.45) is 0 Å². The average molecular weight is 260 g/mol. The summed E-state index contributed by atoms with van der Waals surface area (Å²) in [5, 5.41) is 3.39. The Labute approximate surface area is 100 Å². The number of hydrogen-bond donors (Lipinski definition) is 0. The molecule has 0 aliphatic carbocycles. The average Bonchev–Trinajstić information content (AvgIpc) is 2.80. The van der Waals surface area contributed by atoms with Crippen molar-refractivity contribution in [2.75, 3.05) is 18.8 Å². The van der Waals surface area contributed by atoms with Crippen molar-refractivity contribution >= 4 is 15.9 Å². The molecular weight excluding hydrogens is 244 g/mol. The number of rotatable bonds is 4. The van der Waals surface area contributed by atoms with E-state index in [1.165, 1.54) is 11.8 Å². The Morgan fingerprint density at radius 2 is 1.94 bits per heavy atom. The lowest BCUT2D eigenvalue weighted by Crippen LogP contribution is -2.34. The van der Waals surface area contributed by atoms with Gasteiger partial charge in [0.25, 0.3) is 5.16 Å². The molecule has 1 heterocycles. The zero-order valence-corrected chi connectivity index (χ0v) is 10.9. The molecule has 0 spiro atoms. The molecule has 0 saturated heterocycles. The van der Waals surface area contributed by atoms with Crippen LogP contribution in [0.4, 0.5) is 4.79 Å². The van der Waals surface area contributed by atoms with E-state index in [0.717, 1.165) is 11.0 Å². The fraction of sp³-hybridized carbons (Fsp3) is 0.667. The lowest BCUT2D eigenvalue weighted by atomic mass is 10.5. The van der Waals surface area contributed by atoms with Crippen molar-refractivity contribution in [3.63, 3.8) is 0 Å². The van der Waals surface area contributed by atoms with Gasteiger partial charge in [0.1, 0.15) is 6.33 Å². The molecule has 0 atom stereocenters. The number of nitrogens with zero attached hydrogens (tertiary/aromatic N) is 4. The third-order valence-electron chi connectivity index (χ3n) is 2.36. The third kappa shape index (κ3) is 2.82. The molecule has 0 saturated carbocycles. The number of carbonyl (C=O) groups excluding carboxylic acids is 1. The smallest absolute Gasteiger partial charge is 0.323 e. The van der Waals surface area contributed by atoms with Gasteiger partial charge in [-0.3, -0.25) is 0 Å². The minimum absolute atomic E-state index is 0.0868. The Morgan fingerprint density at radius 3 is 2.41 bits per heavy atom. The summed E-state index contributed by atoms with van der Waals surface area (Å²) in [5.41, 5.74) is 0. The predicted molar refractivity (Wildman–Crippen MR) is 61.5 cm³/mol. The van der Waals surface area contributed by atoms with Gasteiger partial charge < -0.3 is 4.90 Å². The standard InChI is InChI=1S/C9H16N4O3S/c1-4-12(5-2)9(14)13-7-10-8(11-13)17(15,16)6-3/h7H,4-6H2,1-3H3. The number of sulfone groups is 1. The normalized spacial score (nSPS) is 11.5. The molecule has 7 nitrogen and oxygen atoms in total. The van der Waals surface area contributed by atoms with Gasteiger partial charge in [0.2, 0.25) is 9.84 Å². The van der Waals surface area contributed by atoms with Gasteiger partial charge in [0.05, 0.1) is 5.75 Å². The molecule has 0 N–H and O–H groups in total. The lowest BCUT2D eigenvalue weighted by molar-refractivity contribution is 0.201. The third-order valence-corrected chi connectivity index (χ3v) is 3.86. The summed E-state index contributed by atoms with van der Waals surface area (Å²) in [6, 6.07) is -0.375. The lowest BCUT2D eigenvalue weighted by Gasteiger charge is -2.17. The molecule has 0 radical (unpaired) electrons. The van der Waals surface area contributed by atoms with Gasteiger partial charge in [-0.1, -0.05) is 6.92 Å². The molecule has 96 valence electrons. The van der Waals surface area contributed by atoms with Crippen molar-refractivity contribution in [3.8, 4) is 0 Å². The van der Waals surface area contributed by atoms with Gasteiger partial charge in [-0.2, -0.15) is 4.68 Å². The van der Waals surface area contributed by atoms with Gasteiger partial charge in [0, 0.05) is 13.1 Å². The zero-order chi connectivity index (χ0) is 13.1. The molecule has 17 heavy (non-hydrogen) atoms. The van der Waals surface area contributed by atoms with Gasteiger partial charge in [0.15, 0.2) is 0 Å². The minimum Gasteiger partial charge on any atom is -0.323 e. The van der Waals surface area contributed by atoms with Crippen LogP contribution in [0.5, 0.6) is 0 Å². The topological polar surface area (TPSA) is 85.2 Å². The van der Waals surface area contributed by atoms with Crippen LogP contribution < -0.4 is 0 Å². The van der Waals surface area contributed by atoms with Crippen LogP contribution in [0.1, 0.15) is 20.8 Å². The van der Waals surface area contributed by atoms with E-state index in [-0.39, 0.29) is 16.9 Å². The van der Waals surface area contributed by atoms with Crippen LogP contribution in [0.15, 0.2) is 11.5 Å². The van der Waals surface area contributed by atoms with Crippen molar-refractivity contribution in [3.05, 3.63) is 6.33 Å². The number of carbonyl (C=O) groups is 1. The fourth-order valence-electron chi connectivity index (χ4n) is 1.25. The van der Waals surface area contributed by atoms with Gasteiger partial charge >= 0.3 is 6.03 Å². The number of hydrogen-bond acceptors (Lipinski definition) is 5. The van der Waals surface area contributed by atoms with Gasteiger partial charge in [-0.25, -0.2) is 18.2 Å². The molecule has 1 aromatic heterocycles. The minimum atomic E-state index is -3.46. The molecule has 1 aromatic rings. The molecule has 0 bridgehead atoms. The second kappa shape index (κ2) is 5.26. The first-order valence-corrected chi connectivity index (χ1v) is 7.05. The van der Waals surface area contributed by atoms with Crippen LogP contribution in [0.2, 0.25) is 0 Å². The van der Waals surface area contributed by atoms with Crippen LogP contribution in [-0.4, -0.2) is 53.0 Å². The maximum atomic E-state index is 11.8. The van der Waals surface area contributed by atoms with Crippen molar-refractivity contribution in [1.82, 2.24) is 19.7 Å². The summed E-state index contributed by atoms with van der Waals surface area (Å²) >= 11 is 0. The number of amides is 1. The molecule has 8 heteroatoms. The largest absolute Gasteiger partial charge is 0.346 e. The summed E-state index contributed by atoms with van der Waals surface area (Å²) in [6.07, 6.45) is 1.13. The first-order valence-electron chi connectivity index (χ1n) is 5.39. The Balaban J connectivity index is 3.00. The first kappa shape index (κ1) is 13.6. The molecule has 1 rings (SSSR count). The quantitative estimate of drug-likeness (QED) is 0.781. The Bertz CT molecular complexity index is 490. The summed E-state index contributed by atoms with van der Waals surface area (Å²) < 4.78 is 23.9. The highest BCUT2D eigenvalue weighted by atomic mass is 32.2. The fourth-order valence-corrected chi connectivity index (χ4v) is 1.93. The van der Waals surface area contributed by atoms with Crippen molar-refractivity contribution in [1.29, 1.82) is 0 Å². The first-order chi connectivity index (χ1) is 7.96. The van der Waals surface area contributed by atoms with Crippen molar-refractivity contribution < 1.29 is 13.2 Å². The van der Waals surface area contributed by atoms with E-state index in [2.05, 4.69) is 10.1 Å². The number of aromatic nitrogens is 3. The van der Waals surface area contributed by atoms with Crippen LogP contribution >= 0.6 is 0 Å². The molecule has 0 aliphatic rings. The summed E-state index contributed by atoms with van der Waals surface area (Å²) in [4.78, 5) is 17.0. The van der Waals surface area contributed by atoms with E-state index in [0.29, 0.717) is 13.1 Å². The van der Waals surface area contributed by atoms with E-state index in [9.17, 15) is 13.2 Å². The van der Waals surface area contributed by atoms with E-state index < -0.39 is 9.84 Å². The van der Waals surface area contributed by atoms with Crippen molar-refractivity contribution in [2.45, 2.75) is 25.9 Å². The molecule has 1 amide bonds. The highest BCUT2D eigenvalue weighted by Gasteiger charge is 2.20. The SMILES string of the molecule is CCN(CC)C(=O)n1cnc(S(=O)(=O)CC)n1. The van der Waals surface area contributed by atoms with Crippen LogP contribution in [-0.2, 0) is 9.84 Å². The van der Waals surface area contributed by atoms with E-state index in [1.807, 2.05) is 13.8 Å². The second-order valence-corrected chi connectivity index (χ2v) is 5.50. The monoisotopic (exact) mass is 260 g/mol. The molecule has 0 fully saturated rings. The summed E-state index contributed by atoms with van der Waals surface area (Å²) in [7, 11) is -3.46. The second-order valence-electron chi connectivity index (χ2n) is 3.33. The maximum absolute atomic E-state index is 11.8. The molecule has 0 aromatic carbocycles. The Hall–Kier alpha value is -1.44. The van der Waals surface area contributed by atoms with E-state index in [4.69, 9.17) is 0 Å². The molecule has 0 aliphatic heterocycles. The van der Waals surface area contributed by atoms with Gasteiger partial charge in [-0.15, -0.1) is 5.10 Å². The summed E-state index contributed by atoms with van der Waals surface area (Å²) in [6.45, 7) is 6.24. The highest BCUT2D eigenvalue weighted by molar-refractivity contribution is 7.91. The van der Waals surface area contributed by atoms with E-state index in [1.54, 1.807) is 0 Å². The van der Waals surface area contributed by atoms with Crippen LogP contribution in [0, 0.1) is 0 Å². The molecule has 0 unspecified atom stereocenters. The van der Waals surface area contributed by atoms with Gasteiger partial charge in [-0.05, 0) is 13.8 Å². The highest BCUT2D eigenvalue weighted by Crippen LogP contribution is 2.04. The Kier molecular flexibility index (Phi) is 4.22. The zero-order valence-electron chi connectivity index (χ0n) is 10.1. The van der Waals surface area contributed by atoms with Crippen LogP contribution in [0.3, 0.4) is 0 Å². The van der Waals surface area contributed by atoms with E-state index >= 15 is 0 Å².